The topological polar surface area (TPSA) is 290 Å². The van der Waals surface area contributed by atoms with Gasteiger partial charge in [-0.05, 0) is 75.2 Å². The Balaban J connectivity index is 0.00000361. The van der Waals surface area contributed by atoms with Crippen molar-refractivity contribution in [3.05, 3.63) is 75.9 Å². The van der Waals surface area contributed by atoms with Crippen LogP contribution >= 0.6 is 23.2 Å². The Morgan fingerprint density at radius 3 is 1.95 bits per heavy atom. The van der Waals surface area contributed by atoms with Crippen LogP contribution in [-0.2, 0) is 35.3 Å². The predicted octanol–water partition coefficient (Wildman–Crippen LogP) is 5.08. The van der Waals surface area contributed by atoms with Gasteiger partial charge in [-0.15, -0.1) is 0 Å². The molecule has 3 aromatic carbocycles. The van der Waals surface area contributed by atoms with Crippen LogP contribution < -0.4 is 30.7 Å². The van der Waals surface area contributed by atoms with E-state index in [-0.39, 0.29) is 69.2 Å². The van der Waals surface area contributed by atoms with Crippen molar-refractivity contribution >= 4 is 71.1 Å². The number of carbonyl (C=O) groups is 7. The molecule has 0 spiro atoms. The number of urea groups is 1. The number of aromatic nitrogens is 2. The van der Waals surface area contributed by atoms with Crippen LogP contribution in [0.15, 0.2) is 54.6 Å². The summed E-state index contributed by atoms with van der Waals surface area (Å²) in [5, 5.41) is 43.0. The summed E-state index contributed by atoms with van der Waals surface area (Å²) >= 11 is 13.0. The molecule has 3 aliphatic rings. The van der Waals surface area contributed by atoms with Gasteiger partial charge in [0.2, 0.25) is 11.8 Å². The van der Waals surface area contributed by atoms with Crippen molar-refractivity contribution in [2.24, 2.45) is 0 Å². The molecule has 1 aromatic heterocycles. The van der Waals surface area contributed by atoms with Gasteiger partial charge in [-0.1, -0.05) is 55.1 Å². The third kappa shape index (κ3) is 19.5. The number of ether oxygens (including phenoxy) is 3. The molecule has 0 saturated carbocycles. The number of carbonyl (C=O) groups excluding carboxylic acids is 4. The molecule has 0 aliphatic carbocycles. The number of nitrogens with one attached hydrogen (secondary N) is 4. The Bertz CT molecular complexity index is 2870. The molecule has 4 aromatic rings. The van der Waals surface area contributed by atoms with Crippen LogP contribution in [-0.4, -0.2) is 222 Å². The Morgan fingerprint density at radius 1 is 0.735 bits per heavy atom. The molecule has 0 unspecified atom stereocenters. The van der Waals surface area contributed by atoms with Crippen molar-refractivity contribution in [2.45, 2.75) is 65.0 Å². The lowest BCUT2D eigenvalue weighted by molar-refractivity contribution is -0.140. The van der Waals surface area contributed by atoms with Crippen LogP contribution in [0.3, 0.4) is 0 Å². The molecule has 4 heterocycles. The van der Waals surface area contributed by atoms with E-state index in [4.69, 9.17) is 52.4 Å². The number of aliphatic carboxylic acids is 2. The van der Waals surface area contributed by atoms with E-state index < -0.39 is 23.5 Å². The number of carboxylic acids is 2. The number of unbranched alkanes of at least 4 members (excludes halogenated alkanes) is 3. The van der Waals surface area contributed by atoms with Crippen molar-refractivity contribution in [3.8, 4) is 39.6 Å². The minimum absolute atomic E-state index is 0.0682. The summed E-state index contributed by atoms with van der Waals surface area (Å²) in [4.78, 5) is 94.2. The fourth-order valence-corrected chi connectivity index (χ4v) is 10.6. The van der Waals surface area contributed by atoms with Crippen molar-refractivity contribution in [2.75, 3.05) is 130 Å². The molecule has 24 nitrogen and oxygen atoms in total. The second kappa shape index (κ2) is 32.1. The van der Waals surface area contributed by atoms with Crippen molar-refractivity contribution in [3.63, 3.8) is 0 Å². The Labute approximate surface area is 493 Å². The maximum atomic E-state index is 14.4. The molecule has 83 heavy (non-hydrogen) atoms. The number of benzene rings is 3. The van der Waals surface area contributed by atoms with E-state index in [1.54, 1.807) is 51.9 Å². The number of rotatable bonds is 22. The maximum absolute atomic E-state index is 14.4. The fraction of sp³-hybridized carbons (Fsp3) is 0.509. The molecular weight excluding hydrogens is 1120 g/mol. The maximum Gasteiger partial charge on any atom is 0.319 e. The van der Waals surface area contributed by atoms with Crippen LogP contribution in [0.4, 0.5) is 10.5 Å². The standard InChI is InChI=1S/C56H75Cl2N11O11.CH2O2/c1-5-64-17-19-65(21-22-67(35-51(74)75)24-23-66(20-18-64)34-50(72)73)33-49(71)59-14-9-7-6-8-13-48(70)60-15-16-61-55(77)62-41-12-10-11-38(27-41)43-31-44-47(32-46(43)78-4)80-36-45-52(54(76)68-25-26-79-37-56(68,2)3)63-69(53(44)45)42-29-39(57)28-40(58)30-42;2-1-3/h10-12,27-32H,5-9,13-26,33-37H2,1-4H3,(H,59,71)(H,60,70)(H,72,73)(H,74,75)(H2,61,62,77);1H,(H,2,3). The lowest BCUT2D eigenvalue weighted by Gasteiger charge is -2.41. The number of morpholine rings is 1. The van der Waals surface area contributed by atoms with Gasteiger partial charge in [0.1, 0.15) is 18.1 Å². The molecule has 3 aliphatic heterocycles. The number of fused-ring (bicyclic) bond motifs is 3. The van der Waals surface area contributed by atoms with Gasteiger partial charge in [0.05, 0.1) is 56.9 Å². The van der Waals surface area contributed by atoms with E-state index in [9.17, 15) is 39.0 Å². The number of hydrogen-bond donors (Lipinski definition) is 7. The molecule has 7 N–H and O–H groups in total. The highest BCUT2D eigenvalue weighted by atomic mass is 35.5. The third-order valence-corrected chi connectivity index (χ3v) is 14.8. The zero-order valence-electron chi connectivity index (χ0n) is 47.6. The zero-order valence-corrected chi connectivity index (χ0v) is 49.1. The van der Waals surface area contributed by atoms with E-state index in [1.807, 2.05) is 54.8 Å². The summed E-state index contributed by atoms with van der Waals surface area (Å²) in [6.07, 6.45) is 3.38. The molecule has 7 rings (SSSR count). The first-order valence-corrected chi connectivity index (χ1v) is 28.5. The molecule has 0 radical (unpaired) electrons. The van der Waals surface area contributed by atoms with Gasteiger partial charge >= 0.3 is 18.0 Å². The van der Waals surface area contributed by atoms with Gasteiger partial charge < -0.3 is 60.6 Å². The van der Waals surface area contributed by atoms with E-state index in [0.717, 1.165) is 31.4 Å². The third-order valence-electron chi connectivity index (χ3n) is 14.4. The van der Waals surface area contributed by atoms with E-state index in [2.05, 4.69) is 26.2 Å². The van der Waals surface area contributed by atoms with E-state index >= 15 is 0 Å². The second-order valence-electron chi connectivity index (χ2n) is 20.9. The number of methoxy groups -OCH3 is 1. The highest BCUT2D eigenvalue weighted by molar-refractivity contribution is 6.34. The summed E-state index contributed by atoms with van der Waals surface area (Å²) in [5.74, 6) is -1.34. The average molecular weight is 1200 g/mol. The number of carboxylic acid groups (broad SMARTS) is 3. The number of nitrogens with zero attached hydrogens (tertiary/aromatic N) is 7. The lowest BCUT2D eigenvalue weighted by Crippen LogP contribution is -2.55. The van der Waals surface area contributed by atoms with Crippen LogP contribution in [0.5, 0.6) is 11.5 Å². The Morgan fingerprint density at radius 2 is 1.34 bits per heavy atom. The summed E-state index contributed by atoms with van der Waals surface area (Å²) in [6.45, 7) is 12.8. The van der Waals surface area contributed by atoms with Gasteiger partial charge in [0, 0.05) is 123 Å². The van der Waals surface area contributed by atoms with Gasteiger partial charge in [-0.25, -0.2) is 9.48 Å². The SMILES string of the molecule is CCN1CCN(CC(=O)O)CCN(CC(=O)O)CCN(CC(=O)NCCCCCCC(=O)NCCNC(=O)Nc2cccc(-c3cc4c(cc3OC)OCc3c(C(=O)N5CCOCC5(C)C)nn(-c5cc(Cl)cc(Cl)c5)c3-4)c2)CC1.O=CO. The van der Waals surface area contributed by atoms with Crippen LogP contribution in [0.1, 0.15) is 68.9 Å². The largest absolute Gasteiger partial charge is 0.496 e. The summed E-state index contributed by atoms with van der Waals surface area (Å²) in [7, 11) is 1.56. The molecule has 5 amide bonds. The number of amides is 5. The summed E-state index contributed by atoms with van der Waals surface area (Å²) in [5.41, 5.74) is 4.01. The molecule has 0 atom stereocenters. The van der Waals surface area contributed by atoms with Crippen molar-refractivity contribution in [1.29, 1.82) is 0 Å². The first-order valence-electron chi connectivity index (χ1n) is 27.8. The second-order valence-corrected chi connectivity index (χ2v) is 21.7. The normalized spacial score (nSPS) is 16.0. The monoisotopic (exact) mass is 1190 g/mol. The molecule has 0 bridgehead atoms. The minimum Gasteiger partial charge on any atom is -0.496 e. The van der Waals surface area contributed by atoms with Gasteiger partial charge in [-0.2, -0.15) is 5.10 Å². The van der Waals surface area contributed by atoms with Gasteiger partial charge in [0.25, 0.3) is 12.4 Å². The minimum atomic E-state index is -0.961. The smallest absolute Gasteiger partial charge is 0.319 e. The number of anilines is 1. The molecular formula is C57H77Cl2N11O13. The predicted molar refractivity (Wildman–Crippen MR) is 313 cm³/mol. The molecule has 26 heteroatoms. The van der Waals surface area contributed by atoms with Gasteiger partial charge in [0.15, 0.2) is 5.69 Å². The number of likely N-dealkylation sites (N-methyl/N-ethyl adjacent to an activating group) is 1. The van der Waals surface area contributed by atoms with E-state index in [1.165, 1.54) is 0 Å². The number of hydrogen-bond acceptors (Lipinski definition) is 15. The van der Waals surface area contributed by atoms with Crippen LogP contribution in [0, 0.1) is 0 Å². The fourth-order valence-electron chi connectivity index (χ4n) is 10.1. The van der Waals surface area contributed by atoms with Crippen LogP contribution in [0.2, 0.25) is 10.0 Å². The highest BCUT2D eigenvalue weighted by Crippen LogP contribution is 2.47. The van der Waals surface area contributed by atoms with Crippen molar-refractivity contribution < 1.29 is 63.1 Å². The van der Waals surface area contributed by atoms with Crippen molar-refractivity contribution in [1.82, 2.24) is 50.2 Å². The average Bonchev–Trinajstić information content (AvgIpc) is 3.64. The Hall–Kier alpha value is -7.06. The van der Waals surface area contributed by atoms with Crippen LogP contribution in [0.25, 0.3) is 28.1 Å². The summed E-state index contributed by atoms with van der Waals surface area (Å²) in [6, 6.07) is 15.6. The highest BCUT2D eigenvalue weighted by Gasteiger charge is 2.39. The zero-order chi connectivity index (χ0) is 60.1. The Kier molecular flexibility index (Phi) is 25.2. The first kappa shape index (κ1) is 65.1. The van der Waals surface area contributed by atoms with E-state index in [0.29, 0.717) is 147 Å². The first-order chi connectivity index (χ1) is 39.8. The quantitative estimate of drug-likeness (QED) is 0.0399. The summed E-state index contributed by atoms with van der Waals surface area (Å²) < 4.78 is 19.6. The molecule has 452 valence electrons. The molecule has 2 saturated heterocycles. The van der Waals surface area contributed by atoms with Gasteiger partial charge in [-0.3, -0.25) is 43.5 Å². The lowest BCUT2D eigenvalue weighted by atomic mass is 9.95. The molecule has 2 fully saturated rings. The number of halogens is 2.